The maximum atomic E-state index is 13.0. The minimum Gasteiger partial charge on any atom is -0.478 e. The first-order valence-corrected chi connectivity index (χ1v) is 5.95. The van der Waals surface area contributed by atoms with Crippen LogP contribution in [0.4, 0.5) is 10.1 Å². The first-order valence-electron chi connectivity index (χ1n) is 5.95. The minimum absolute atomic E-state index is 0.139. The molecule has 2 rings (SSSR count). The number of hydrogen-bond acceptors (Lipinski definition) is 3. The number of rotatable bonds is 4. The van der Waals surface area contributed by atoms with Gasteiger partial charge >= 0.3 is 5.97 Å². The molecule has 0 heterocycles. The lowest BCUT2D eigenvalue weighted by atomic mass is 10.1. The van der Waals surface area contributed by atoms with Crippen LogP contribution in [0, 0.1) is 12.7 Å². The molecule has 0 aromatic heterocycles. The Morgan fingerprint density at radius 1 is 1.30 bits per heavy atom. The molecule has 0 aliphatic heterocycles. The molecule has 0 unspecified atom stereocenters. The van der Waals surface area contributed by atoms with Crippen molar-refractivity contribution in [2.75, 3.05) is 5.43 Å². The molecule has 0 aliphatic carbocycles. The average Bonchev–Trinajstić information content (AvgIpc) is 2.41. The van der Waals surface area contributed by atoms with Gasteiger partial charge in [-0.1, -0.05) is 18.2 Å². The van der Waals surface area contributed by atoms with Gasteiger partial charge in [0.25, 0.3) is 0 Å². The summed E-state index contributed by atoms with van der Waals surface area (Å²) in [6.07, 6.45) is 1.52. The lowest BCUT2D eigenvalue weighted by Crippen LogP contribution is -2.02. The lowest BCUT2D eigenvalue weighted by molar-refractivity contribution is 0.0698. The number of anilines is 1. The van der Waals surface area contributed by atoms with E-state index < -0.39 is 5.97 Å². The molecule has 0 radical (unpaired) electrons. The number of carbonyl (C=O) groups is 1. The van der Waals surface area contributed by atoms with Crippen LogP contribution in [0.1, 0.15) is 21.5 Å². The van der Waals surface area contributed by atoms with Crippen molar-refractivity contribution < 1.29 is 14.3 Å². The van der Waals surface area contributed by atoms with Gasteiger partial charge in [-0.05, 0) is 42.3 Å². The summed E-state index contributed by atoms with van der Waals surface area (Å²) in [6.45, 7) is 1.77. The number of para-hydroxylation sites is 1. The second kappa shape index (κ2) is 5.97. The van der Waals surface area contributed by atoms with Gasteiger partial charge in [0.2, 0.25) is 0 Å². The van der Waals surface area contributed by atoms with E-state index in [0.717, 1.165) is 11.1 Å². The topological polar surface area (TPSA) is 61.7 Å². The fourth-order valence-corrected chi connectivity index (χ4v) is 1.72. The molecule has 2 aromatic carbocycles. The Bertz CT molecular complexity index is 669. The summed E-state index contributed by atoms with van der Waals surface area (Å²) in [7, 11) is 0. The van der Waals surface area contributed by atoms with Crippen molar-refractivity contribution in [1.82, 2.24) is 0 Å². The number of aryl methyl sites for hydroxylation is 1. The van der Waals surface area contributed by atoms with E-state index in [9.17, 15) is 9.18 Å². The first-order chi connectivity index (χ1) is 9.58. The maximum absolute atomic E-state index is 13.0. The molecule has 0 bridgehead atoms. The van der Waals surface area contributed by atoms with E-state index in [0.29, 0.717) is 5.69 Å². The predicted molar refractivity (Wildman–Crippen MR) is 75.8 cm³/mol. The zero-order valence-electron chi connectivity index (χ0n) is 10.8. The van der Waals surface area contributed by atoms with E-state index in [4.69, 9.17) is 5.11 Å². The third-order valence-electron chi connectivity index (χ3n) is 2.78. The van der Waals surface area contributed by atoms with E-state index in [1.165, 1.54) is 24.4 Å². The van der Waals surface area contributed by atoms with Crippen LogP contribution in [0.2, 0.25) is 0 Å². The van der Waals surface area contributed by atoms with Gasteiger partial charge in [-0.15, -0.1) is 0 Å². The predicted octanol–water partition coefficient (Wildman–Crippen LogP) is 3.28. The fourth-order valence-electron chi connectivity index (χ4n) is 1.72. The van der Waals surface area contributed by atoms with E-state index in [1.807, 2.05) is 0 Å². The molecule has 102 valence electrons. The molecule has 5 heteroatoms. The Balaban J connectivity index is 2.16. The third kappa shape index (κ3) is 3.20. The molecule has 0 fully saturated rings. The Hall–Kier alpha value is -2.69. The molecule has 0 aliphatic rings. The third-order valence-corrected chi connectivity index (χ3v) is 2.78. The van der Waals surface area contributed by atoms with Gasteiger partial charge < -0.3 is 5.11 Å². The highest BCUT2D eigenvalue weighted by Gasteiger charge is 2.07. The van der Waals surface area contributed by atoms with Crippen molar-refractivity contribution in [3.8, 4) is 0 Å². The van der Waals surface area contributed by atoms with Gasteiger partial charge in [0.1, 0.15) is 5.82 Å². The highest BCUT2D eigenvalue weighted by atomic mass is 19.1. The van der Waals surface area contributed by atoms with E-state index in [2.05, 4.69) is 10.5 Å². The van der Waals surface area contributed by atoms with Crippen LogP contribution >= 0.6 is 0 Å². The standard InChI is InChI=1S/C15H13FN2O2/c1-10-8-12(16)7-6-11(10)9-17-18-14-5-3-2-4-13(14)15(19)20/h2-9,18H,1H3,(H,19,20). The zero-order valence-corrected chi connectivity index (χ0v) is 10.8. The Morgan fingerprint density at radius 2 is 2.05 bits per heavy atom. The van der Waals surface area contributed by atoms with Crippen molar-refractivity contribution in [3.05, 3.63) is 65.0 Å². The number of aromatic carboxylic acids is 1. The zero-order chi connectivity index (χ0) is 14.5. The number of benzene rings is 2. The number of carboxylic acid groups (broad SMARTS) is 1. The van der Waals surface area contributed by atoms with Crippen LogP contribution in [-0.4, -0.2) is 17.3 Å². The number of carboxylic acids is 1. The second-order valence-electron chi connectivity index (χ2n) is 4.22. The largest absolute Gasteiger partial charge is 0.478 e. The van der Waals surface area contributed by atoms with E-state index >= 15 is 0 Å². The molecule has 2 aromatic rings. The lowest BCUT2D eigenvalue weighted by Gasteiger charge is -2.04. The normalized spacial score (nSPS) is 10.7. The van der Waals surface area contributed by atoms with Crippen LogP contribution < -0.4 is 5.43 Å². The summed E-state index contributed by atoms with van der Waals surface area (Å²) >= 11 is 0. The molecule has 0 atom stereocenters. The van der Waals surface area contributed by atoms with Crippen molar-refractivity contribution in [1.29, 1.82) is 0 Å². The smallest absolute Gasteiger partial charge is 0.337 e. The van der Waals surface area contributed by atoms with Gasteiger partial charge in [-0.2, -0.15) is 5.10 Å². The highest BCUT2D eigenvalue weighted by molar-refractivity contribution is 5.94. The summed E-state index contributed by atoms with van der Waals surface area (Å²) in [4.78, 5) is 11.0. The molecule has 0 saturated carbocycles. The molecule has 0 amide bonds. The SMILES string of the molecule is Cc1cc(F)ccc1C=NNc1ccccc1C(=O)O. The number of halogens is 1. The van der Waals surface area contributed by atoms with Gasteiger partial charge in [-0.3, -0.25) is 5.43 Å². The van der Waals surface area contributed by atoms with Crippen LogP contribution in [0.15, 0.2) is 47.6 Å². The fraction of sp³-hybridized carbons (Fsp3) is 0.0667. The number of nitrogens with one attached hydrogen (secondary N) is 1. The summed E-state index contributed by atoms with van der Waals surface area (Å²) in [6, 6.07) is 10.8. The van der Waals surface area contributed by atoms with Crippen molar-refractivity contribution in [3.63, 3.8) is 0 Å². The maximum Gasteiger partial charge on any atom is 0.337 e. The summed E-state index contributed by atoms with van der Waals surface area (Å²) in [5.41, 5.74) is 4.73. The summed E-state index contributed by atoms with van der Waals surface area (Å²) < 4.78 is 13.0. The number of hydrazone groups is 1. The van der Waals surface area contributed by atoms with Crippen LogP contribution in [0.3, 0.4) is 0 Å². The van der Waals surface area contributed by atoms with E-state index in [1.54, 1.807) is 31.2 Å². The van der Waals surface area contributed by atoms with Gasteiger partial charge in [0.05, 0.1) is 17.5 Å². The van der Waals surface area contributed by atoms with Crippen LogP contribution in [-0.2, 0) is 0 Å². The first kappa shape index (κ1) is 13.7. The van der Waals surface area contributed by atoms with E-state index in [-0.39, 0.29) is 11.4 Å². The molecule has 20 heavy (non-hydrogen) atoms. The van der Waals surface area contributed by atoms with Gasteiger partial charge in [-0.25, -0.2) is 9.18 Å². The Labute approximate surface area is 115 Å². The second-order valence-corrected chi connectivity index (χ2v) is 4.22. The van der Waals surface area contributed by atoms with Crippen molar-refractivity contribution in [2.45, 2.75) is 6.92 Å². The van der Waals surface area contributed by atoms with Crippen molar-refractivity contribution >= 4 is 17.9 Å². The van der Waals surface area contributed by atoms with Gasteiger partial charge in [0, 0.05) is 0 Å². The molecular weight excluding hydrogens is 259 g/mol. The molecule has 4 nitrogen and oxygen atoms in total. The van der Waals surface area contributed by atoms with Gasteiger partial charge in [0.15, 0.2) is 0 Å². The Morgan fingerprint density at radius 3 is 2.75 bits per heavy atom. The quantitative estimate of drug-likeness (QED) is 0.663. The van der Waals surface area contributed by atoms with Crippen LogP contribution in [0.5, 0.6) is 0 Å². The number of hydrogen-bond donors (Lipinski definition) is 2. The number of nitrogens with zero attached hydrogens (tertiary/aromatic N) is 1. The van der Waals surface area contributed by atoms with Crippen LogP contribution in [0.25, 0.3) is 0 Å². The average molecular weight is 272 g/mol. The monoisotopic (exact) mass is 272 g/mol. The molecule has 0 spiro atoms. The summed E-state index contributed by atoms with van der Waals surface area (Å²) in [5.74, 6) is -1.33. The molecule has 2 N–H and O–H groups in total. The molecular formula is C15H13FN2O2. The highest BCUT2D eigenvalue weighted by Crippen LogP contribution is 2.15. The Kier molecular flexibility index (Phi) is 4.10. The summed E-state index contributed by atoms with van der Waals surface area (Å²) in [5, 5.41) is 13.0. The molecule has 0 saturated heterocycles. The van der Waals surface area contributed by atoms with Crippen molar-refractivity contribution in [2.24, 2.45) is 5.10 Å². The minimum atomic E-state index is -1.03.